The van der Waals surface area contributed by atoms with Gasteiger partial charge in [-0.1, -0.05) is 0 Å². The smallest absolute Gasteiger partial charge is 0.267 e. The van der Waals surface area contributed by atoms with Crippen LogP contribution in [0.1, 0.15) is 31.7 Å². The maximum Gasteiger partial charge on any atom is 0.267 e. The largest absolute Gasteiger partial charge is 0.353 e. The summed E-state index contributed by atoms with van der Waals surface area (Å²) in [4.78, 5) is 37.9. The molecule has 0 aromatic carbocycles. The zero-order valence-corrected chi connectivity index (χ0v) is 17.7. The van der Waals surface area contributed by atoms with Gasteiger partial charge in [0.1, 0.15) is 0 Å². The van der Waals surface area contributed by atoms with Crippen molar-refractivity contribution < 1.29 is 0 Å². The van der Waals surface area contributed by atoms with Crippen LogP contribution in [0.3, 0.4) is 0 Å². The third-order valence-corrected chi connectivity index (χ3v) is 6.03. The second kappa shape index (κ2) is 8.33. The van der Waals surface area contributed by atoms with E-state index in [2.05, 4.69) is 25.4 Å². The van der Waals surface area contributed by atoms with Crippen LogP contribution in [0.25, 0.3) is 22.3 Å². The molecule has 4 heterocycles. The van der Waals surface area contributed by atoms with Gasteiger partial charge in [0.05, 0.1) is 17.1 Å². The van der Waals surface area contributed by atoms with Gasteiger partial charge in [0.25, 0.3) is 11.1 Å². The van der Waals surface area contributed by atoms with Crippen molar-refractivity contribution in [3.05, 3.63) is 75.7 Å². The second-order valence-corrected chi connectivity index (χ2v) is 8.06. The molecule has 32 heavy (non-hydrogen) atoms. The van der Waals surface area contributed by atoms with Gasteiger partial charge >= 0.3 is 0 Å². The summed E-state index contributed by atoms with van der Waals surface area (Å²) in [5.74, 6) is 0.514. The first-order valence-corrected chi connectivity index (χ1v) is 10.7. The van der Waals surface area contributed by atoms with Gasteiger partial charge in [0, 0.05) is 43.3 Å². The Hall–Kier alpha value is -3.88. The van der Waals surface area contributed by atoms with Gasteiger partial charge < -0.3 is 5.32 Å². The van der Waals surface area contributed by atoms with Crippen molar-refractivity contribution in [3.8, 4) is 11.3 Å². The van der Waals surface area contributed by atoms with Crippen LogP contribution in [0.2, 0.25) is 0 Å². The van der Waals surface area contributed by atoms with E-state index in [1.807, 2.05) is 12.1 Å². The van der Waals surface area contributed by atoms with Gasteiger partial charge in [-0.25, -0.2) is 9.67 Å². The normalized spacial score (nSPS) is 18.5. The van der Waals surface area contributed by atoms with Crippen LogP contribution in [-0.2, 0) is 7.05 Å². The molecule has 0 spiro atoms. The molecule has 0 bridgehead atoms. The average Bonchev–Trinajstić information content (AvgIpc) is 2.84. The standard InChI is InChI=1S/C23H23N7O2/c1-29-22(32)18-3-2-12-25-21(18)27-23(29)26-16-4-6-17(7-5-16)30-20(31)9-8-19(28-30)15-10-13-24-14-11-15/h2-3,8-14,16-17H,4-7H2,1H3,(H,25,26,27). The van der Waals surface area contributed by atoms with E-state index in [1.54, 1.807) is 54.6 Å². The molecule has 0 aliphatic heterocycles. The fraction of sp³-hybridized carbons (Fsp3) is 0.304. The monoisotopic (exact) mass is 429 g/mol. The van der Waals surface area contributed by atoms with Crippen molar-refractivity contribution >= 4 is 17.0 Å². The van der Waals surface area contributed by atoms with E-state index >= 15 is 0 Å². The maximum absolute atomic E-state index is 12.6. The van der Waals surface area contributed by atoms with Gasteiger partial charge in [0.15, 0.2) is 5.65 Å². The Bertz CT molecular complexity index is 1370. The Labute approximate surface area is 183 Å². The van der Waals surface area contributed by atoms with Gasteiger partial charge in [-0.15, -0.1) is 0 Å². The average molecular weight is 429 g/mol. The Kier molecular flexibility index (Phi) is 5.22. The molecule has 4 aromatic rings. The fourth-order valence-corrected chi connectivity index (χ4v) is 4.25. The van der Waals surface area contributed by atoms with Gasteiger partial charge in [-0.2, -0.15) is 10.1 Å². The number of nitrogens with one attached hydrogen (secondary N) is 1. The summed E-state index contributed by atoms with van der Waals surface area (Å²) in [5, 5.41) is 8.53. The van der Waals surface area contributed by atoms with Crippen LogP contribution in [0.15, 0.2) is 64.6 Å². The Morgan fingerprint density at radius 2 is 1.75 bits per heavy atom. The minimum absolute atomic E-state index is 0.0392. The minimum Gasteiger partial charge on any atom is -0.353 e. The van der Waals surface area contributed by atoms with Crippen LogP contribution in [-0.4, -0.2) is 35.3 Å². The Morgan fingerprint density at radius 3 is 2.53 bits per heavy atom. The van der Waals surface area contributed by atoms with Crippen LogP contribution in [0, 0.1) is 0 Å². The molecule has 9 heteroatoms. The van der Waals surface area contributed by atoms with Crippen molar-refractivity contribution in [1.29, 1.82) is 0 Å². The van der Waals surface area contributed by atoms with E-state index in [0.717, 1.165) is 36.9 Å². The van der Waals surface area contributed by atoms with Crippen molar-refractivity contribution in [3.63, 3.8) is 0 Å². The molecule has 9 nitrogen and oxygen atoms in total. The third kappa shape index (κ3) is 3.77. The van der Waals surface area contributed by atoms with Gasteiger partial charge in [-0.05, 0) is 56.0 Å². The Balaban J connectivity index is 1.32. The highest BCUT2D eigenvalue weighted by Crippen LogP contribution is 2.29. The predicted octanol–water partition coefficient (Wildman–Crippen LogP) is 2.54. The summed E-state index contributed by atoms with van der Waals surface area (Å²) in [6.45, 7) is 0. The van der Waals surface area contributed by atoms with E-state index in [1.165, 1.54) is 4.57 Å². The number of hydrogen-bond donors (Lipinski definition) is 1. The first-order chi connectivity index (χ1) is 15.6. The predicted molar refractivity (Wildman–Crippen MR) is 121 cm³/mol. The number of pyridine rings is 2. The highest BCUT2D eigenvalue weighted by molar-refractivity contribution is 5.74. The summed E-state index contributed by atoms with van der Waals surface area (Å²) in [6.07, 6.45) is 8.37. The zero-order valence-electron chi connectivity index (χ0n) is 17.7. The van der Waals surface area contributed by atoms with Crippen LogP contribution < -0.4 is 16.4 Å². The third-order valence-electron chi connectivity index (χ3n) is 6.03. The lowest BCUT2D eigenvalue weighted by molar-refractivity contribution is 0.303. The minimum atomic E-state index is -0.122. The summed E-state index contributed by atoms with van der Waals surface area (Å²) < 4.78 is 3.14. The zero-order chi connectivity index (χ0) is 22.1. The van der Waals surface area contributed by atoms with Gasteiger partial charge in [0.2, 0.25) is 5.95 Å². The van der Waals surface area contributed by atoms with E-state index in [-0.39, 0.29) is 23.2 Å². The lowest BCUT2D eigenvalue weighted by atomic mass is 9.91. The lowest BCUT2D eigenvalue weighted by Gasteiger charge is -2.30. The van der Waals surface area contributed by atoms with E-state index in [4.69, 9.17) is 0 Å². The molecule has 0 radical (unpaired) electrons. The summed E-state index contributed by atoms with van der Waals surface area (Å²) >= 11 is 0. The molecule has 0 amide bonds. The molecular weight excluding hydrogens is 406 g/mol. The molecule has 4 aromatic heterocycles. The molecular formula is C23H23N7O2. The summed E-state index contributed by atoms with van der Waals surface area (Å²) in [6, 6.07) is 10.8. The molecule has 1 N–H and O–H groups in total. The number of aromatic nitrogens is 6. The van der Waals surface area contributed by atoms with Gasteiger partial charge in [-0.3, -0.25) is 19.1 Å². The van der Waals surface area contributed by atoms with Crippen molar-refractivity contribution in [2.24, 2.45) is 7.05 Å². The van der Waals surface area contributed by atoms with E-state index in [0.29, 0.717) is 17.0 Å². The van der Waals surface area contributed by atoms with Crippen LogP contribution in [0.4, 0.5) is 5.95 Å². The maximum atomic E-state index is 12.6. The second-order valence-electron chi connectivity index (χ2n) is 8.06. The molecule has 0 saturated heterocycles. The summed E-state index contributed by atoms with van der Waals surface area (Å²) in [7, 11) is 1.71. The number of fused-ring (bicyclic) bond motifs is 1. The molecule has 1 aliphatic rings. The van der Waals surface area contributed by atoms with Crippen molar-refractivity contribution in [1.82, 2.24) is 29.3 Å². The lowest BCUT2D eigenvalue weighted by Crippen LogP contribution is -2.34. The quantitative estimate of drug-likeness (QED) is 0.531. The first kappa shape index (κ1) is 20.0. The number of hydrogen-bond acceptors (Lipinski definition) is 7. The number of anilines is 1. The molecule has 0 unspecified atom stereocenters. The fourth-order valence-electron chi connectivity index (χ4n) is 4.25. The highest BCUT2D eigenvalue weighted by atomic mass is 16.1. The number of nitrogens with zero attached hydrogens (tertiary/aromatic N) is 6. The van der Waals surface area contributed by atoms with E-state index in [9.17, 15) is 9.59 Å². The first-order valence-electron chi connectivity index (χ1n) is 10.7. The molecule has 1 saturated carbocycles. The van der Waals surface area contributed by atoms with Crippen molar-refractivity contribution in [2.75, 3.05) is 5.32 Å². The van der Waals surface area contributed by atoms with Crippen LogP contribution >= 0.6 is 0 Å². The number of rotatable bonds is 4. The van der Waals surface area contributed by atoms with E-state index < -0.39 is 0 Å². The molecule has 162 valence electrons. The molecule has 0 atom stereocenters. The summed E-state index contributed by atoms with van der Waals surface area (Å²) in [5.41, 5.74) is 1.92. The Morgan fingerprint density at radius 1 is 0.969 bits per heavy atom. The molecule has 1 aliphatic carbocycles. The molecule has 5 rings (SSSR count). The van der Waals surface area contributed by atoms with Crippen molar-refractivity contribution in [2.45, 2.75) is 37.8 Å². The SMILES string of the molecule is Cn1c(NC2CCC(n3nc(-c4ccncc4)ccc3=O)CC2)nc2ncccc2c1=O. The topological polar surface area (TPSA) is 108 Å². The highest BCUT2D eigenvalue weighted by Gasteiger charge is 2.25. The van der Waals surface area contributed by atoms with Crippen LogP contribution in [0.5, 0.6) is 0 Å². The molecule has 1 fully saturated rings.